The summed E-state index contributed by atoms with van der Waals surface area (Å²) in [6, 6.07) is 17.8. The maximum Gasteiger partial charge on any atom is 0.264 e. The molecule has 180 valence electrons. The van der Waals surface area contributed by atoms with Crippen molar-refractivity contribution in [2.75, 3.05) is 17.1 Å². The number of anilines is 1. The number of hydrogen-bond donors (Lipinski definition) is 1. The van der Waals surface area contributed by atoms with Gasteiger partial charge in [0.05, 0.1) is 16.6 Å². The van der Waals surface area contributed by atoms with E-state index in [4.69, 9.17) is 0 Å². The number of carbonyl (C=O) groups is 1. The number of nitrogens with zero attached hydrogens (tertiary/aromatic N) is 1. The zero-order chi connectivity index (χ0) is 25.0. The fourth-order valence-corrected chi connectivity index (χ4v) is 5.67. The van der Waals surface area contributed by atoms with E-state index in [1.165, 1.54) is 9.87 Å². The van der Waals surface area contributed by atoms with Gasteiger partial charge in [-0.3, -0.25) is 9.10 Å². The molecular formula is C27H32N2O3S2. The van der Waals surface area contributed by atoms with E-state index in [9.17, 15) is 13.2 Å². The normalized spacial score (nSPS) is 12.3. The lowest BCUT2D eigenvalue weighted by atomic mass is 9.96. The molecule has 1 atom stereocenters. The number of hydrogen-bond acceptors (Lipinski definition) is 4. The van der Waals surface area contributed by atoms with Crippen LogP contribution in [0.1, 0.15) is 40.8 Å². The van der Waals surface area contributed by atoms with Gasteiger partial charge in [-0.05, 0) is 99.5 Å². The van der Waals surface area contributed by atoms with Gasteiger partial charge in [-0.15, -0.1) is 11.8 Å². The Morgan fingerprint density at radius 2 is 1.50 bits per heavy atom. The molecule has 0 aliphatic heterocycles. The first kappa shape index (κ1) is 25.8. The number of rotatable bonds is 8. The van der Waals surface area contributed by atoms with Gasteiger partial charge in [0, 0.05) is 4.90 Å². The first-order valence-electron chi connectivity index (χ1n) is 11.1. The Labute approximate surface area is 207 Å². The molecule has 0 saturated carbocycles. The molecule has 0 aliphatic carbocycles. The Bertz CT molecular complexity index is 1270. The van der Waals surface area contributed by atoms with Crippen molar-refractivity contribution < 1.29 is 13.2 Å². The third-order valence-electron chi connectivity index (χ3n) is 5.98. The van der Waals surface area contributed by atoms with Crippen LogP contribution in [0.2, 0.25) is 0 Å². The Hall–Kier alpha value is -2.77. The first-order chi connectivity index (χ1) is 16.0. The van der Waals surface area contributed by atoms with E-state index >= 15 is 0 Å². The molecule has 5 nitrogen and oxygen atoms in total. The van der Waals surface area contributed by atoms with Gasteiger partial charge >= 0.3 is 0 Å². The molecule has 7 heteroatoms. The minimum Gasteiger partial charge on any atom is -0.348 e. The molecule has 0 aromatic heterocycles. The molecule has 0 spiro atoms. The third-order valence-corrected chi connectivity index (χ3v) is 8.51. The summed E-state index contributed by atoms with van der Waals surface area (Å²) in [6.07, 6.45) is 1.94. The lowest BCUT2D eigenvalue weighted by molar-refractivity contribution is -0.120. The van der Waals surface area contributed by atoms with E-state index in [0.29, 0.717) is 5.69 Å². The highest BCUT2D eigenvalue weighted by Gasteiger charge is 2.28. The van der Waals surface area contributed by atoms with Crippen LogP contribution in [0.4, 0.5) is 5.69 Å². The van der Waals surface area contributed by atoms with E-state index in [-0.39, 0.29) is 23.4 Å². The lowest BCUT2D eigenvalue weighted by Crippen LogP contribution is -2.41. The largest absolute Gasteiger partial charge is 0.348 e. The third kappa shape index (κ3) is 5.83. The molecule has 0 saturated heterocycles. The Morgan fingerprint density at radius 3 is 2.09 bits per heavy atom. The molecule has 1 amide bonds. The smallest absolute Gasteiger partial charge is 0.264 e. The van der Waals surface area contributed by atoms with Gasteiger partial charge in [0.15, 0.2) is 0 Å². The number of nitrogens with one attached hydrogen (secondary N) is 1. The molecule has 1 unspecified atom stereocenters. The highest BCUT2D eigenvalue weighted by Crippen LogP contribution is 2.26. The Balaban J connectivity index is 1.90. The minimum atomic E-state index is -3.94. The summed E-state index contributed by atoms with van der Waals surface area (Å²) in [6.45, 7) is 9.66. The number of amides is 1. The van der Waals surface area contributed by atoms with E-state index < -0.39 is 10.0 Å². The van der Waals surface area contributed by atoms with Crippen molar-refractivity contribution >= 4 is 33.4 Å². The standard InChI is InChI=1S/C27H32N2O3S2/c1-18-7-9-23(10-8-18)29(34(31,32)25-13-11-24(33-6)12-14-25)17-27(30)28-22(5)26-16-20(3)19(2)15-21(26)4/h7-16,22H,17H2,1-6H3,(H,28,30). The first-order valence-corrected chi connectivity index (χ1v) is 13.8. The van der Waals surface area contributed by atoms with E-state index in [1.807, 2.05) is 46.1 Å². The average molecular weight is 497 g/mol. The highest BCUT2D eigenvalue weighted by atomic mass is 32.2. The fraction of sp³-hybridized carbons (Fsp3) is 0.296. The lowest BCUT2D eigenvalue weighted by Gasteiger charge is -2.26. The number of aryl methyl sites for hydroxylation is 4. The zero-order valence-corrected chi connectivity index (χ0v) is 22.2. The number of benzene rings is 3. The second kappa shape index (κ2) is 10.7. The van der Waals surface area contributed by atoms with Crippen LogP contribution in [0.5, 0.6) is 0 Å². The summed E-state index contributed by atoms with van der Waals surface area (Å²) in [7, 11) is -3.94. The van der Waals surface area contributed by atoms with Crippen LogP contribution in [0.15, 0.2) is 70.5 Å². The molecule has 0 bridgehead atoms. The van der Waals surface area contributed by atoms with Crippen LogP contribution < -0.4 is 9.62 Å². The van der Waals surface area contributed by atoms with Crippen molar-refractivity contribution in [2.45, 2.75) is 50.5 Å². The van der Waals surface area contributed by atoms with Crippen LogP contribution >= 0.6 is 11.8 Å². The van der Waals surface area contributed by atoms with Crippen molar-refractivity contribution in [3.63, 3.8) is 0 Å². The average Bonchev–Trinajstić information content (AvgIpc) is 2.80. The maximum atomic E-state index is 13.6. The monoisotopic (exact) mass is 496 g/mol. The number of thioether (sulfide) groups is 1. The van der Waals surface area contributed by atoms with Crippen molar-refractivity contribution in [3.8, 4) is 0 Å². The summed E-state index contributed by atoms with van der Waals surface area (Å²) in [5.74, 6) is -0.366. The van der Waals surface area contributed by atoms with Crippen LogP contribution in [0.3, 0.4) is 0 Å². The van der Waals surface area contributed by atoms with E-state index in [0.717, 1.165) is 27.1 Å². The van der Waals surface area contributed by atoms with Crippen molar-refractivity contribution in [3.05, 3.63) is 88.5 Å². The summed E-state index contributed by atoms with van der Waals surface area (Å²) in [4.78, 5) is 14.2. The van der Waals surface area contributed by atoms with Gasteiger partial charge in [-0.2, -0.15) is 0 Å². The highest BCUT2D eigenvalue weighted by molar-refractivity contribution is 7.98. The fourth-order valence-electron chi connectivity index (χ4n) is 3.85. The predicted molar refractivity (Wildman–Crippen MR) is 141 cm³/mol. The van der Waals surface area contributed by atoms with Gasteiger partial charge < -0.3 is 5.32 Å². The van der Waals surface area contributed by atoms with Crippen LogP contribution in [0, 0.1) is 27.7 Å². The molecule has 3 aromatic rings. The Morgan fingerprint density at radius 1 is 0.912 bits per heavy atom. The van der Waals surface area contributed by atoms with Gasteiger partial charge in [-0.25, -0.2) is 8.42 Å². The van der Waals surface area contributed by atoms with Crippen LogP contribution in [-0.4, -0.2) is 27.1 Å². The SMILES string of the molecule is CSc1ccc(S(=O)(=O)N(CC(=O)NC(C)c2cc(C)c(C)cc2C)c2ccc(C)cc2)cc1. The number of carbonyl (C=O) groups excluding carboxylic acids is 1. The molecule has 3 rings (SSSR count). The molecule has 1 N–H and O–H groups in total. The minimum absolute atomic E-state index is 0.150. The topological polar surface area (TPSA) is 66.5 Å². The summed E-state index contributed by atoms with van der Waals surface area (Å²) < 4.78 is 28.3. The van der Waals surface area contributed by atoms with Crippen LogP contribution in [0.25, 0.3) is 0 Å². The van der Waals surface area contributed by atoms with Gasteiger partial charge in [0.2, 0.25) is 5.91 Å². The van der Waals surface area contributed by atoms with Gasteiger partial charge in [-0.1, -0.05) is 29.8 Å². The molecule has 0 fully saturated rings. The van der Waals surface area contributed by atoms with Crippen molar-refractivity contribution in [1.82, 2.24) is 5.32 Å². The number of sulfonamides is 1. The Kier molecular flexibility index (Phi) is 8.10. The van der Waals surface area contributed by atoms with Gasteiger partial charge in [0.1, 0.15) is 6.54 Å². The molecule has 0 heterocycles. The predicted octanol–water partition coefficient (Wildman–Crippen LogP) is 5.71. The second-order valence-electron chi connectivity index (χ2n) is 8.61. The summed E-state index contributed by atoms with van der Waals surface area (Å²) in [5.41, 5.74) is 5.92. The molecule has 34 heavy (non-hydrogen) atoms. The van der Waals surface area contributed by atoms with E-state index in [1.54, 1.807) is 48.2 Å². The quantitative estimate of drug-likeness (QED) is 0.405. The molecule has 0 radical (unpaired) electrons. The maximum absolute atomic E-state index is 13.6. The van der Waals surface area contributed by atoms with Crippen LogP contribution in [-0.2, 0) is 14.8 Å². The summed E-state index contributed by atoms with van der Waals surface area (Å²) in [5, 5.41) is 2.99. The van der Waals surface area contributed by atoms with Crippen molar-refractivity contribution in [2.24, 2.45) is 0 Å². The summed E-state index contributed by atoms with van der Waals surface area (Å²) >= 11 is 1.54. The molecule has 3 aromatic carbocycles. The molecular weight excluding hydrogens is 464 g/mol. The van der Waals surface area contributed by atoms with Crippen molar-refractivity contribution in [1.29, 1.82) is 0 Å². The van der Waals surface area contributed by atoms with E-state index in [2.05, 4.69) is 24.4 Å². The van der Waals surface area contributed by atoms with Gasteiger partial charge in [0.25, 0.3) is 10.0 Å². The zero-order valence-electron chi connectivity index (χ0n) is 20.5. The second-order valence-corrected chi connectivity index (χ2v) is 11.3. The molecule has 0 aliphatic rings.